The Labute approximate surface area is 127 Å². The smallest absolute Gasteiger partial charge is 0.161 e. The first-order valence-electron chi connectivity index (χ1n) is 6.88. The number of ether oxygens (including phenoxy) is 2. The minimum absolute atomic E-state index is 0.0179. The monoisotopic (exact) mass is 315 g/mol. The maximum absolute atomic E-state index is 12.0. The Hall–Kier alpha value is -1.27. The first-order valence-corrected chi connectivity index (χ1v) is 8.53. The van der Waals surface area contributed by atoms with Crippen LogP contribution >= 0.6 is 0 Å². The number of hydrogen-bond acceptors (Lipinski definition) is 5. The largest absolute Gasteiger partial charge is 0.493 e. The molecule has 0 unspecified atom stereocenters. The van der Waals surface area contributed by atoms with E-state index >= 15 is 0 Å². The second kappa shape index (κ2) is 7.13. The lowest BCUT2D eigenvalue weighted by atomic mass is 10.2. The fourth-order valence-corrected chi connectivity index (χ4v) is 2.63. The third kappa shape index (κ3) is 4.89. The van der Waals surface area contributed by atoms with E-state index in [1.165, 1.54) is 0 Å². The predicted molar refractivity (Wildman–Crippen MR) is 84.8 cm³/mol. The fourth-order valence-electron chi connectivity index (χ4n) is 1.72. The molecule has 1 aromatic rings. The van der Waals surface area contributed by atoms with E-state index in [4.69, 9.17) is 9.47 Å². The van der Waals surface area contributed by atoms with Crippen LogP contribution in [-0.4, -0.2) is 39.7 Å². The van der Waals surface area contributed by atoms with Crippen LogP contribution in [-0.2, 0) is 16.4 Å². The van der Waals surface area contributed by atoms with Crippen LogP contribution < -0.4 is 14.8 Å². The zero-order chi connectivity index (χ0) is 16.1. The first-order chi connectivity index (χ1) is 9.71. The molecule has 0 fully saturated rings. The Morgan fingerprint density at radius 2 is 1.86 bits per heavy atom. The summed E-state index contributed by atoms with van der Waals surface area (Å²) in [6.45, 7) is 5.89. The topological polar surface area (TPSA) is 64.6 Å². The molecule has 0 atom stereocenters. The Bertz CT molecular complexity index is 562. The summed E-state index contributed by atoms with van der Waals surface area (Å²) in [4.78, 5) is 0. The van der Waals surface area contributed by atoms with Crippen LogP contribution in [0.1, 0.15) is 26.3 Å². The van der Waals surface area contributed by atoms with E-state index in [9.17, 15) is 8.42 Å². The number of sulfone groups is 1. The molecule has 0 heterocycles. The molecule has 5 nitrogen and oxygen atoms in total. The average Bonchev–Trinajstić information content (AvgIpc) is 2.38. The van der Waals surface area contributed by atoms with Gasteiger partial charge in [0.15, 0.2) is 21.3 Å². The van der Waals surface area contributed by atoms with E-state index in [-0.39, 0.29) is 12.4 Å². The van der Waals surface area contributed by atoms with Gasteiger partial charge < -0.3 is 14.8 Å². The molecular weight excluding hydrogens is 290 g/mol. The van der Waals surface area contributed by atoms with Crippen LogP contribution in [0.4, 0.5) is 0 Å². The van der Waals surface area contributed by atoms with Crippen molar-refractivity contribution in [2.45, 2.75) is 32.1 Å². The SMILES string of the molecule is CNCc1ccc(OC)c(OCCS(=O)(=O)C(C)(C)C)c1. The Morgan fingerprint density at radius 3 is 2.38 bits per heavy atom. The maximum atomic E-state index is 12.0. The van der Waals surface area contributed by atoms with Crippen molar-refractivity contribution in [3.05, 3.63) is 23.8 Å². The molecule has 0 spiro atoms. The van der Waals surface area contributed by atoms with Crippen molar-refractivity contribution in [1.29, 1.82) is 0 Å². The Kier molecular flexibility index (Phi) is 6.04. The minimum Gasteiger partial charge on any atom is -0.493 e. The van der Waals surface area contributed by atoms with Gasteiger partial charge in [0.05, 0.1) is 17.6 Å². The molecule has 21 heavy (non-hydrogen) atoms. The second-order valence-corrected chi connectivity index (χ2v) is 8.66. The van der Waals surface area contributed by atoms with Crippen molar-refractivity contribution < 1.29 is 17.9 Å². The van der Waals surface area contributed by atoms with Gasteiger partial charge >= 0.3 is 0 Å². The van der Waals surface area contributed by atoms with Crippen molar-refractivity contribution >= 4 is 9.84 Å². The molecule has 0 saturated carbocycles. The highest BCUT2D eigenvalue weighted by Gasteiger charge is 2.28. The summed E-state index contributed by atoms with van der Waals surface area (Å²) in [5.74, 6) is 1.15. The normalized spacial score (nSPS) is 12.2. The minimum atomic E-state index is -3.19. The molecule has 0 saturated heterocycles. The molecular formula is C15H25NO4S. The number of hydrogen-bond donors (Lipinski definition) is 1. The lowest BCUT2D eigenvalue weighted by molar-refractivity contribution is 0.310. The Balaban J connectivity index is 2.77. The first kappa shape index (κ1) is 17.8. The summed E-state index contributed by atoms with van der Waals surface area (Å²) >= 11 is 0. The summed E-state index contributed by atoms with van der Waals surface area (Å²) in [5.41, 5.74) is 1.05. The van der Waals surface area contributed by atoms with Gasteiger partial charge in [0.25, 0.3) is 0 Å². The van der Waals surface area contributed by atoms with Crippen molar-refractivity contribution in [3.63, 3.8) is 0 Å². The third-order valence-electron chi connectivity index (χ3n) is 3.15. The molecule has 1 rings (SSSR count). The molecule has 0 aromatic heterocycles. The van der Waals surface area contributed by atoms with Crippen molar-refractivity contribution in [2.75, 3.05) is 26.5 Å². The van der Waals surface area contributed by atoms with E-state index in [1.54, 1.807) is 27.9 Å². The van der Waals surface area contributed by atoms with Gasteiger partial charge in [-0.25, -0.2) is 8.42 Å². The van der Waals surface area contributed by atoms with Crippen molar-refractivity contribution in [2.24, 2.45) is 0 Å². The van der Waals surface area contributed by atoms with Crippen LogP contribution in [0.15, 0.2) is 18.2 Å². The van der Waals surface area contributed by atoms with Crippen LogP contribution in [0.25, 0.3) is 0 Å². The quantitative estimate of drug-likeness (QED) is 0.834. The van der Waals surface area contributed by atoms with Crippen molar-refractivity contribution in [1.82, 2.24) is 5.32 Å². The number of rotatable bonds is 7. The standard InChI is InChI=1S/C15H25NO4S/c1-15(2,3)21(17,18)9-8-20-14-10-12(11-16-4)6-7-13(14)19-5/h6-7,10,16H,8-9,11H2,1-5H3. The second-order valence-electron chi connectivity index (χ2n) is 5.80. The predicted octanol–water partition coefficient (Wildman–Crippen LogP) is 2.01. The zero-order valence-electron chi connectivity index (χ0n) is 13.4. The maximum Gasteiger partial charge on any atom is 0.161 e. The third-order valence-corrected chi connectivity index (χ3v) is 5.72. The molecule has 1 N–H and O–H groups in total. The number of nitrogens with one attached hydrogen (secondary N) is 1. The highest BCUT2D eigenvalue weighted by atomic mass is 32.2. The number of methoxy groups -OCH3 is 1. The highest BCUT2D eigenvalue weighted by Crippen LogP contribution is 2.28. The molecule has 0 radical (unpaired) electrons. The van der Waals surface area contributed by atoms with Gasteiger partial charge in [-0.1, -0.05) is 6.07 Å². The summed E-state index contributed by atoms with van der Waals surface area (Å²) in [7, 11) is 0.237. The summed E-state index contributed by atoms with van der Waals surface area (Å²) in [6, 6.07) is 5.62. The molecule has 0 aliphatic rings. The molecule has 1 aromatic carbocycles. The van der Waals surface area contributed by atoms with Gasteiger partial charge in [-0.3, -0.25) is 0 Å². The average molecular weight is 315 g/mol. The van der Waals surface area contributed by atoms with Gasteiger partial charge in [0.2, 0.25) is 0 Å². The van der Waals surface area contributed by atoms with Gasteiger partial charge in [-0.15, -0.1) is 0 Å². The molecule has 0 aliphatic carbocycles. The molecule has 120 valence electrons. The molecule has 0 bridgehead atoms. The lowest BCUT2D eigenvalue weighted by Crippen LogP contribution is -2.32. The van der Waals surface area contributed by atoms with Crippen LogP contribution in [0, 0.1) is 0 Å². The van der Waals surface area contributed by atoms with Crippen molar-refractivity contribution in [3.8, 4) is 11.5 Å². The summed E-state index contributed by atoms with van der Waals surface area (Å²) in [6.07, 6.45) is 0. The van der Waals surface area contributed by atoms with Gasteiger partial charge in [0, 0.05) is 6.54 Å². The van der Waals surface area contributed by atoms with E-state index < -0.39 is 14.6 Å². The summed E-state index contributed by atoms with van der Waals surface area (Å²) < 4.78 is 34.2. The van der Waals surface area contributed by atoms with Crippen LogP contribution in [0.2, 0.25) is 0 Å². The van der Waals surface area contributed by atoms with E-state index in [0.29, 0.717) is 18.0 Å². The number of benzene rings is 1. The van der Waals surface area contributed by atoms with Gasteiger partial charge in [0.1, 0.15) is 6.61 Å². The zero-order valence-corrected chi connectivity index (χ0v) is 14.2. The van der Waals surface area contributed by atoms with E-state index in [0.717, 1.165) is 5.56 Å². The van der Waals surface area contributed by atoms with Gasteiger partial charge in [-0.05, 0) is 45.5 Å². The molecule has 0 amide bonds. The fraction of sp³-hybridized carbons (Fsp3) is 0.600. The van der Waals surface area contributed by atoms with Crippen LogP contribution in [0.5, 0.6) is 11.5 Å². The van der Waals surface area contributed by atoms with Gasteiger partial charge in [-0.2, -0.15) is 0 Å². The van der Waals surface area contributed by atoms with E-state index in [2.05, 4.69) is 5.32 Å². The highest BCUT2D eigenvalue weighted by molar-refractivity contribution is 7.92. The molecule has 6 heteroatoms. The lowest BCUT2D eigenvalue weighted by Gasteiger charge is -2.19. The van der Waals surface area contributed by atoms with Crippen LogP contribution in [0.3, 0.4) is 0 Å². The molecule has 0 aliphatic heterocycles. The Morgan fingerprint density at radius 1 is 1.19 bits per heavy atom. The van der Waals surface area contributed by atoms with E-state index in [1.807, 2.05) is 25.2 Å². The summed E-state index contributed by atoms with van der Waals surface area (Å²) in [5, 5.41) is 3.06.